The van der Waals surface area contributed by atoms with Gasteiger partial charge in [0.2, 0.25) is 15.9 Å². The molecule has 1 aromatic rings. The third-order valence-electron chi connectivity index (χ3n) is 2.02. The van der Waals surface area contributed by atoms with Gasteiger partial charge >= 0.3 is 0 Å². The summed E-state index contributed by atoms with van der Waals surface area (Å²) in [5.41, 5.74) is 5.38. The van der Waals surface area contributed by atoms with Crippen molar-refractivity contribution in [3.8, 4) is 0 Å². The van der Waals surface area contributed by atoms with Crippen LogP contribution in [-0.2, 0) is 21.4 Å². The summed E-state index contributed by atoms with van der Waals surface area (Å²) in [6.07, 6.45) is 0. The van der Waals surface area contributed by atoms with Gasteiger partial charge in [0.25, 0.3) is 0 Å². The highest BCUT2D eigenvalue weighted by Crippen LogP contribution is 2.20. The van der Waals surface area contributed by atoms with Gasteiger partial charge in [0.05, 0.1) is 12.6 Å². The van der Waals surface area contributed by atoms with Crippen LogP contribution in [0.3, 0.4) is 0 Å². The van der Waals surface area contributed by atoms with E-state index in [4.69, 9.17) is 5.73 Å². The Hall–Kier alpha value is -0.670. The number of amides is 1. The highest BCUT2D eigenvalue weighted by molar-refractivity contribution is 7.91. The Labute approximate surface area is 116 Å². The van der Waals surface area contributed by atoms with E-state index in [-0.39, 0.29) is 29.1 Å². The van der Waals surface area contributed by atoms with E-state index >= 15 is 0 Å². The highest BCUT2D eigenvalue weighted by Gasteiger charge is 2.14. The summed E-state index contributed by atoms with van der Waals surface area (Å²) in [6, 6.07) is 2.59. The normalized spacial score (nSPS) is 12.6. The first-order valence-electron chi connectivity index (χ1n) is 4.92. The van der Waals surface area contributed by atoms with Crippen LogP contribution in [0.5, 0.6) is 0 Å². The molecule has 1 atom stereocenters. The topological polar surface area (TPSA) is 101 Å². The molecule has 1 amide bonds. The Morgan fingerprint density at radius 1 is 1.50 bits per heavy atom. The monoisotopic (exact) mass is 313 g/mol. The molecule has 1 aromatic heterocycles. The fraction of sp³-hybridized carbons (Fsp3) is 0.444. The summed E-state index contributed by atoms with van der Waals surface area (Å²) < 4.78 is 25.4. The van der Waals surface area contributed by atoms with Gasteiger partial charge in [-0.2, -0.15) is 0 Å². The van der Waals surface area contributed by atoms with Crippen molar-refractivity contribution >= 4 is 39.7 Å². The highest BCUT2D eigenvalue weighted by atomic mass is 35.5. The lowest BCUT2D eigenvalue weighted by Crippen LogP contribution is -2.37. The number of carbonyl (C=O) groups excluding carboxylic acids is 1. The zero-order valence-electron chi connectivity index (χ0n) is 9.97. The zero-order valence-corrected chi connectivity index (χ0v) is 12.4. The summed E-state index contributed by atoms with van der Waals surface area (Å²) in [7, 11) is -2.05. The molecule has 0 unspecified atom stereocenters. The molecule has 0 aromatic carbocycles. The molecule has 0 fully saturated rings. The number of halogens is 1. The maximum Gasteiger partial charge on any atom is 0.249 e. The lowest BCUT2D eigenvalue weighted by Gasteiger charge is -2.05. The van der Waals surface area contributed by atoms with E-state index in [1.807, 2.05) is 0 Å². The third-order valence-corrected chi connectivity index (χ3v) is 5.01. The van der Waals surface area contributed by atoms with Gasteiger partial charge in [0, 0.05) is 4.88 Å². The maximum absolute atomic E-state index is 11.5. The van der Waals surface area contributed by atoms with E-state index in [0.29, 0.717) is 0 Å². The first-order valence-corrected chi connectivity index (χ1v) is 7.22. The van der Waals surface area contributed by atoms with E-state index < -0.39 is 16.1 Å². The lowest BCUT2D eigenvalue weighted by atomic mass is 10.3. The smallest absolute Gasteiger partial charge is 0.249 e. The number of carbonyl (C=O) groups is 1. The second-order valence-corrected chi connectivity index (χ2v) is 6.72. The van der Waals surface area contributed by atoms with Crippen LogP contribution in [0.4, 0.5) is 0 Å². The molecule has 0 aliphatic heterocycles. The quantitative estimate of drug-likeness (QED) is 0.714. The fourth-order valence-corrected chi connectivity index (χ4v) is 3.17. The van der Waals surface area contributed by atoms with Crippen molar-refractivity contribution in [3.05, 3.63) is 17.0 Å². The van der Waals surface area contributed by atoms with Gasteiger partial charge in [-0.15, -0.1) is 23.7 Å². The molecule has 0 bridgehead atoms. The Morgan fingerprint density at radius 3 is 2.61 bits per heavy atom. The molecule has 104 valence electrons. The number of nitrogens with one attached hydrogen (secondary N) is 2. The molecule has 4 N–H and O–H groups in total. The second kappa shape index (κ2) is 7.05. The molecule has 0 spiro atoms. The SMILES string of the molecule is CNS(=O)(=O)c1ccc(CNC(=O)[C@@H](C)N)s1.Cl. The third kappa shape index (κ3) is 4.54. The first-order chi connectivity index (χ1) is 7.86. The second-order valence-electron chi connectivity index (χ2n) is 3.43. The zero-order chi connectivity index (χ0) is 13.1. The molecule has 0 saturated heterocycles. The maximum atomic E-state index is 11.5. The number of sulfonamides is 1. The van der Waals surface area contributed by atoms with Crippen LogP contribution in [0.2, 0.25) is 0 Å². The Balaban J connectivity index is 0.00000289. The van der Waals surface area contributed by atoms with Crippen LogP contribution in [0.15, 0.2) is 16.3 Å². The number of hydrogen-bond donors (Lipinski definition) is 3. The van der Waals surface area contributed by atoms with Gasteiger partial charge < -0.3 is 11.1 Å². The predicted molar refractivity (Wildman–Crippen MR) is 73.3 cm³/mol. The Kier molecular flexibility index (Phi) is 6.79. The largest absolute Gasteiger partial charge is 0.350 e. The fourth-order valence-electron chi connectivity index (χ4n) is 1.03. The minimum absolute atomic E-state index is 0. The van der Waals surface area contributed by atoms with E-state index in [1.54, 1.807) is 13.0 Å². The molecule has 1 heterocycles. The number of nitrogens with two attached hydrogens (primary N) is 1. The molecule has 6 nitrogen and oxygen atoms in total. The van der Waals surface area contributed by atoms with Gasteiger partial charge in [-0.05, 0) is 26.1 Å². The van der Waals surface area contributed by atoms with Gasteiger partial charge in [-0.1, -0.05) is 0 Å². The molecular formula is C9H16ClN3O3S2. The van der Waals surface area contributed by atoms with Crippen molar-refractivity contribution in [2.75, 3.05) is 7.05 Å². The van der Waals surface area contributed by atoms with Gasteiger partial charge in [-0.3, -0.25) is 4.79 Å². The standard InChI is InChI=1S/C9H15N3O3S2.ClH/c1-6(10)9(13)12-5-7-3-4-8(16-7)17(14,15)11-2;/h3-4,6,11H,5,10H2,1-2H3,(H,12,13);1H/t6-;/m1./s1. The summed E-state index contributed by atoms with van der Waals surface area (Å²) in [4.78, 5) is 12.0. The average Bonchev–Trinajstić information content (AvgIpc) is 2.75. The molecule has 0 saturated carbocycles. The summed E-state index contributed by atoms with van der Waals surface area (Å²) in [6.45, 7) is 1.87. The number of hydrogen-bond acceptors (Lipinski definition) is 5. The van der Waals surface area contributed by atoms with Crippen LogP contribution < -0.4 is 15.8 Å². The average molecular weight is 314 g/mol. The molecular weight excluding hydrogens is 298 g/mol. The van der Waals surface area contributed by atoms with Crippen molar-refractivity contribution in [2.45, 2.75) is 23.7 Å². The van der Waals surface area contributed by atoms with Crippen LogP contribution >= 0.6 is 23.7 Å². The van der Waals surface area contributed by atoms with Crippen molar-refractivity contribution in [2.24, 2.45) is 5.73 Å². The Morgan fingerprint density at radius 2 is 2.11 bits per heavy atom. The van der Waals surface area contributed by atoms with E-state index in [0.717, 1.165) is 16.2 Å². The lowest BCUT2D eigenvalue weighted by molar-refractivity contribution is -0.122. The molecule has 0 aliphatic rings. The number of rotatable bonds is 5. The van der Waals surface area contributed by atoms with Crippen LogP contribution in [0, 0.1) is 0 Å². The first kappa shape index (κ1) is 17.3. The summed E-state index contributed by atoms with van der Waals surface area (Å²) in [5, 5.41) is 2.61. The van der Waals surface area contributed by atoms with E-state index in [1.165, 1.54) is 13.1 Å². The molecule has 9 heteroatoms. The van der Waals surface area contributed by atoms with Crippen LogP contribution in [0.1, 0.15) is 11.8 Å². The van der Waals surface area contributed by atoms with Gasteiger partial charge in [0.1, 0.15) is 4.21 Å². The van der Waals surface area contributed by atoms with E-state index in [9.17, 15) is 13.2 Å². The molecule has 0 aliphatic carbocycles. The Bertz CT molecular complexity index is 499. The molecule has 1 rings (SSSR count). The predicted octanol–water partition coefficient (Wildman–Crippen LogP) is 0.0414. The molecule has 0 radical (unpaired) electrons. The van der Waals surface area contributed by atoms with Crippen molar-refractivity contribution in [3.63, 3.8) is 0 Å². The van der Waals surface area contributed by atoms with Gasteiger partial charge in [0.15, 0.2) is 0 Å². The minimum Gasteiger partial charge on any atom is -0.350 e. The van der Waals surface area contributed by atoms with Crippen LogP contribution in [0.25, 0.3) is 0 Å². The molecule has 18 heavy (non-hydrogen) atoms. The van der Waals surface area contributed by atoms with Gasteiger partial charge in [-0.25, -0.2) is 13.1 Å². The number of thiophene rings is 1. The van der Waals surface area contributed by atoms with Crippen LogP contribution in [-0.4, -0.2) is 27.4 Å². The van der Waals surface area contributed by atoms with Crippen molar-refractivity contribution in [1.29, 1.82) is 0 Å². The summed E-state index contributed by atoms with van der Waals surface area (Å²) in [5.74, 6) is -0.267. The van der Waals surface area contributed by atoms with Crippen molar-refractivity contribution < 1.29 is 13.2 Å². The minimum atomic E-state index is -3.40. The van der Waals surface area contributed by atoms with Crippen molar-refractivity contribution in [1.82, 2.24) is 10.0 Å². The summed E-state index contributed by atoms with van der Waals surface area (Å²) >= 11 is 1.11. The van der Waals surface area contributed by atoms with E-state index in [2.05, 4.69) is 10.0 Å².